The molecular formula is C12H10ClN5S. The Morgan fingerprint density at radius 3 is 2.84 bits per heavy atom. The molecule has 7 heteroatoms. The lowest BCUT2D eigenvalue weighted by atomic mass is 10.3. The molecule has 0 radical (unpaired) electrons. The molecule has 0 fully saturated rings. The summed E-state index contributed by atoms with van der Waals surface area (Å²) >= 11 is 7.26. The van der Waals surface area contributed by atoms with E-state index in [1.807, 2.05) is 18.2 Å². The van der Waals surface area contributed by atoms with Crippen molar-refractivity contribution >= 4 is 40.2 Å². The van der Waals surface area contributed by atoms with Gasteiger partial charge in [0.2, 0.25) is 11.2 Å². The number of halogens is 1. The highest BCUT2D eigenvalue weighted by Crippen LogP contribution is 2.28. The fourth-order valence-electron chi connectivity index (χ4n) is 1.69. The van der Waals surface area contributed by atoms with E-state index in [1.54, 1.807) is 7.05 Å². The largest absolute Gasteiger partial charge is 0.357 e. The Morgan fingerprint density at radius 2 is 2.05 bits per heavy atom. The zero-order valence-corrected chi connectivity index (χ0v) is 11.6. The van der Waals surface area contributed by atoms with Gasteiger partial charge >= 0.3 is 0 Å². The van der Waals surface area contributed by atoms with E-state index in [0.29, 0.717) is 11.1 Å². The summed E-state index contributed by atoms with van der Waals surface area (Å²) < 4.78 is 0. The van der Waals surface area contributed by atoms with Crippen LogP contribution < -0.4 is 5.32 Å². The van der Waals surface area contributed by atoms with E-state index in [0.717, 1.165) is 15.9 Å². The van der Waals surface area contributed by atoms with Crippen LogP contribution in [0.4, 0.5) is 5.95 Å². The maximum atomic E-state index is 5.85. The molecule has 0 saturated heterocycles. The van der Waals surface area contributed by atoms with Gasteiger partial charge in [-0.05, 0) is 35.5 Å². The summed E-state index contributed by atoms with van der Waals surface area (Å²) in [4.78, 5) is 15.6. The molecule has 3 aromatic rings. The van der Waals surface area contributed by atoms with E-state index < -0.39 is 0 Å². The lowest BCUT2D eigenvalue weighted by molar-refractivity contribution is 0.906. The van der Waals surface area contributed by atoms with Crippen molar-refractivity contribution in [1.82, 2.24) is 19.9 Å². The lowest BCUT2D eigenvalue weighted by Crippen LogP contribution is -1.99. The zero-order chi connectivity index (χ0) is 13.2. The molecule has 0 unspecified atom stereocenters. The van der Waals surface area contributed by atoms with Gasteiger partial charge in [0.1, 0.15) is 0 Å². The molecule has 0 aliphatic carbocycles. The number of H-pyrrole nitrogens is 1. The van der Waals surface area contributed by atoms with Crippen LogP contribution in [0.25, 0.3) is 10.9 Å². The fraction of sp³-hybridized carbons (Fsp3) is 0.0833. The molecule has 5 nitrogen and oxygen atoms in total. The fourth-order valence-corrected chi connectivity index (χ4v) is 2.71. The van der Waals surface area contributed by atoms with E-state index in [2.05, 4.69) is 37.4 Å². The SMILES string of the molecule is CNc1nc(Cl)nc(Sc2cc3ccccc3[nH]2)n1. The van der Waals surface area contributed by atoms with Gasteiger partial charge in [-0.2, -0.15) is 15.0 Å². The van der Waals surface area contributed by atoms with Crippen LogP contribution in [0.2, 0.25) is 5.28 Å². The minimum absolute atomic E-state index is 0.179. The Morgan fingerprint density at radius 1 is 1.21 bits per heavy atom. The molecule has 2 N–H and O–H groups in total. The smallest absolute Gasteiger partial charge is 0.228 e. The number of fused-ring (bicyclic) bond motifs is 1. The molecular weight excluding hydrogens is 282 g/mol. The van der Waals surface area contributed by atoms with Crippen LogP contribution in [-0.4, -0.2) is 27.0 Å². The summed E-state index contributed by atoms with van der Waals surface area (Å²) in [6.45, 7) is 0. The molecule has 2 aromatic heterocycles. The highest BCUT2D eigenvalue weighted by Gasteiger charge is 2.08. The predicted octanol–water partition coefficient (Wildman–Crippen LogP) is 3.20. The van der Waals surface area contributed by atoms with Crippen LogP contribution >= 0.6 is 23.4 Å². The van der Waals surface area contributed by atoms with Crippen molar-refractivity contribution < 1.29 is 0 Å². The highest BCUT2D eigenvalue weighted by atomic mass is 35.5. The number of nitrogens with one attached hydrogen (secondary N) is 2. The van der Waals surface area contributed by atoms with Crippen molar-refractivity contribution in [3.63, 3.8) is 0 Å². The second kappa shape index (κ2) is 5.07. The summed E-state index contributed by atoms with van der Waals surface area (Å²) in [5, 5.41) is 5.70. The molecule has 0 aliphatic rings. The van der Waals surface area contributed by atoms with Crippen molar-refractivity contribution in [2.75, 3.05) is 12.4 Å². The Balaban J connectivity index is 1.94. The van der Waals surface area contributed by atoms with E-state index in [9.17, 15) is 0 Å². The maximum absolute atomic E-state index is 5.85. The van der Waals surface area contributed by atoms with Crippen molar-refractivity contribution in [2.45, 2.75) is 10.2 Å². The second-order valence-electron chi connectivity index (χ2n) is 3.78. The van der Waals surface area contributed by atoms with Crippen LogP contribution in [0.5, 0.6) is 0 Å². The van der Waals surface area contributed by atoms with Crippen LogP contribution in [0.15, 0.2) is 40.5 Å². The van der Waals surface area contributed by atoms with Gasteiger partial charge in [0.05, 0.1) is 5.03 Å². The lowest BCUT2D eigenvalue weighted by Gasteiger charge is -2.01. The molecule has 0 saturated carbocycles. The predicted molar refractivity (Wildman–Crippen MR) is 76.8 cm³/mol. The summed E-state index contributed by atoms with van der Waals surface area (Å²) in [5.41, 5.74) is 1.08. The van der Waals surface area contributed by atoms with Gasteiger partial charge in [-0.25, -0.2) is 0 Å². The Hall–Kier alpha value is -1.79. The summed E-state index contributed by atoms with van der Waals surface area (Å²) in [6, 6.07) is 10.1. The summed E-state index contributed by atoms with van der Waals surface area (Å²) in [7, 11) is 1.74. The standard InChI is InChI=1S/C12H10ClN5S/c1-14-11-16-10(13)17-12(18-11)19-9-6-7-4-2-3-5-8(7)15-9/h2-6,15H,1H3,(H,14,16,17,18). The second-order valence-corrected chi connectivity index (χ2v) is 5.13. The van der Waals surface area contributed by atoms with Gasteiger partial charge in [-0.15, -0.1) is 0 Å². The van der Waals surface area contributed by atoms with Gasteiger partial charge in [0.25, 0.3) is 0 Å². The third kappa shape index (κ3) is 2.64. The van der Waals surface area contributed by atoms with Crippen LogP contribution in [0, 0.1) is 0 Å². The summed E-state index contributed by atoms with van der Waals surface area (Å²) in [5.74, 6) is 0.457. The number of hydrogen-bond acceptors (Lipinski definition) is 5. The quantitative estimate of drug-likeness (QED) is 0.776. The number of benzene rings is 1. The first kappa shape index (κ1) is 12.3. The number of aromatic nitrogens is 4. The average Bonchev–Trinajstić information content (AvgIpc) is 2.80. The van der Waals surface area contributed by atoms with Gasteiger partial charge in [-0.3, -0.25) is 0 Å². The monoisotopic (exact) mass is 291 g/mol. The van der Waals surface area contributed by atoms with Gasteiger partial charge in [0.15, 0.2) is 5.16 Å². The van der Waals surface area contributed by atoms with Crippen molar-refractivity contribution in [1.29, 1.82) is 0 Å². The minimum Gasteiger partial charge on any atom is -0.357 e. The molecule has 0 bridgehead atoms. The number of aromatic amines is 1. The topological polar surface area (TPSA) is 66.5 Å². The Labute approximate surface area is 118 Å². The van der Waals surface area contributed by atoms with Crippen molar-refractivity contribution in [2.24, 2.45) is 0 Å². The first-order chi connectivity index (χ1) is 9.24. The van der Waals surface area contributed by atoms with Crippen LogP contribution in [0.1, 0.15) is 0 Å². The molecule has 1 aromatic carbocycles. The van der Waals surface area contributed by atoms with Crippen LogP contribution in [0.3, 0.4) is 0 Å². The molecule has 0 spiro atoms. The van der Waals surface area contributed by atoms with E-state index >= 15 is 0 Å². The van der Waals surface area contributed by atoms with Gasteiger partial charge in [-0.1, -0.05) is 18.2 Å². The molecule has 0 amide bonds. The molecule has 19 heavy (non-hydrogen) atoms. The Kier molecular flexibility index (Phi) is 3.27. The Bertz CT molecular complexity index is 694. The van der Waals surface area contributed by atoms with E-state index in [-0.39, 0.29) is 5.28 Å². The molecule has 3 rings (SSSR count). The van der Waals surface area contributed by atoms with Crippen molar-refractivity contribution in [3.8, 4) is 0 Å². The first-order valence-corrected chi connectivity index (χ1v) is 6.79. The number of rotatable bonds is 3. The average molecular weight is 292 g/mol. The van der Waals surface area contributed by atoms with Gasteiger partial charge in [0, 0.05) is 18.0 Å². The third-order valence-corrected chi connectivity index (χ3v) is 3.49. The van der Waals surface area contributed by atoms with Crippen molar-refractivity contribution in [3.05, 3.63) is 35.6 Å². The molecule has 96 valence electrons. The molecule has 0 atom stereocenters. The third-order valence-electron chi connectivity index (χ3n) is 2.52. The number of nitrogens with zero attached hydrogens (tertiary/aromatic N) is 3. The maximum Gasteiger partial charge on any atom is 0.228 e. The number of anilines is 1. The van der Waals surface area contributed by atoms with Gasteiger partial charge < -0.3 is 10.3 Å². The minimum atomic E-state index is 0.179. The normalized spacial score (nSPS) is 10.8. The number of para-hydroxylation sites is 1. The van der Waals surface area contributed by atoms with E-state index in [4.69, 9.17) is 11.6 Å². The number of hydrogen-bond donors (Lipinski definition) is 2. The van der Waals surface area contributed by atoms with E-state index in [1.165, 1.54) is 11.8 Å². The molecule has 2 heterocycles. The van der Waals surface area contributed by atoms with Crippen LogP contribution in [-0.2, 0) is 0 Å². The summed E-state index contributed by atoms with van der Waals surface area (Å²) in [6.07, 6.45) is 0. The highest BCUT2D eigenvalue weighted by molar-refractivity contribution is 7.99. The molecule has 0 aliphatic heterocycles. The zero-order valence-electron chi connectivity index (χ0n) is 10.0. The first-order valence-electron chi connectivity index (χ1n) is 5.59.